The molecule has 126 valence electrons. The Labute approximate surface area is 144 Å². The molecular formula is C17H20N4O2S. The standard InChI is InChI=1S/C17H20N4O2S/c1-11-19-14(10-24-11)17(23)20-12-5-6-13(16(18)22)15(9-12)21-7-3-2-4-8-21/h5-6,9-10H,2-4,7-8H2,1H3,(H2,18,22)(H,20,23). The number of piperidine rings is 1. The Morgan fingerprint density at radius 2 is 2.00 bits per heavy atom. The van der Waals surface area contributed by atoms with Crippen molar-refractivity contribution in [2.24, 2.45) is 5.73 Å². The van der Waals surface area contributed by atoms with Crippen LogP contribution in [0.4, 0.5) is 11.4 Å². The van der Waals surface area contributed by atoms with Crippen molar-refractivity contribution in [1.82, 2.24) is 4.98 Å². The van der Waals surface area contributed by atoms with Crippen LogP contribution in [0, 0.1) is 6.92 Å². The number of nitrogens with zero attached hydrogens (tertiary/aromatic N) is 2. The monoisotopic (exact) mass is 344 g/mol. The molecule has 1 aliphatic heterocycles. The molecule has 2 aromatic rings. The number of anilines is 2. The molecule has 0 unspecified atom stereocenters. The topological polar surface area (TPSA) is 88.3 Å². The first kappa shape index (κ1) is 16.4. The van der Waals surface area contributed by atoms with E-state index in [2.05, 4.69) is 15.2 Å². The summed E-state index contributed by atoms with van der Waals surface area (Å²) < 4.78 is 0. The molecule has 3 N–H and O–H groups in total. The molecule has 6 nitrogen and oxygen atoms in total. The lowest BCUT2D eigenvalue weighted by atomic mass is 10.1. The maximum absolute atomic E-state index is 12.3. The van der Waals surface area contributed by atoms with Crippen molar-refractivity contribution in [3.8, 4) is 0 Å². The van der Waals surface area contributed by atoms with Gasteiger partial charge in [-0.2, -0.15) is 0 Å². The second kappa shape index (κ2) is 7.00. The molecule has 1 aliphatic rings. The predicted octanol–water partition coefficient (Wildman–Crippen LogP) is 2.79. The number of rotatable bonds is 4. The average molecular weight is 344 g/mol. The lowest BCUT2D eigenvalue weighted by Crippen LogP contribution is -2.31. The maximum atomic E-state index is 12.3. The Morgan fingerprint density at radius 3 is 2.62 bits per heavy atom. The van der Waals surface area contributed by atoms with Gasteiger partial charge < -0.3 is 16.0 Å². The number of amides is 2. The van der Waals surface area contributed by atoms with E-state index in [1.807, 2.05) is 13.0 Å². The zero-order valence-electron chi connectivity index (χ0n) is 13.5. The molecule has 0 spiro atoms. The normalized spacial score (nSPS) is 14.5. The number of nitrogens with two attached hydrogens (primary N) is 1. The summed E-state index contributed by atoms with van der Waals surface area (Å²) in [5.41, 5.74) is 7.81. The van der Waals surface area contributed by atoms with Gasteiger partial charge in [0, 0.05) is 24.2 Å². The number of thiazole rings is 1. The van der Waals surface area contributed by atoms with Crippen molar-refractivity contribution >= 4 is 34.5 Å². The minimum atomic E-state index is -0.455. The summed E-state index contributed by atoms with van der Waals surface area (Å²) in [6, 6.07) is 5.20. The van der Waals surface area contributed by atoms with E-state index in [0.29, 0.717) is 16.9 Å². The summed E-state index contributed by atoms with van der Waals surface area (Å²) in [4.78, 5) is 30.3. The minimum absolute atomic E-state index is 0.254. The van der Waals surface area contributed by atoms with Crippen LogP contribution in [0.1, 0.15) is 45.1 Å². The second-order valence-electron chi connectivity index (χ2n) is 5.85. The largest absolute Gasteiger partial charge is 0.371 e. The van der Waals surface area contributed by atoms with Gasteiger partial charge in [-0.15, -0.1) is 11.3 Å². The quantitative estimate of drug-likeness (QED) is 0.892. The Balaban J connectivity index is 1.86. The van der Waals surface area contributed by atoms with Crippen LogP contribution in [-0.2, 0) is 0 Å². The third-order valence-corrected chi connectivity index (χ3v) is 4.84. The number of hydrogen-bond acceptors (Lipinski definition) is 5. The number of hydrogen-bond donors (Lipinski definition) is 2. The molecule has 1 aromatic carbocycles. The fourth-order valence-corrected chi connectivity index (χ4v) is 3.47. The number of nitrogens with one attached hydrogen (secondary N) is 1. The highest BCUT2D eigenvalue weighted by Crippen LogP contribution is 2.28. The van der Waals surface area contributed by atoms with Gasteiger partial charge in [-0.25, -0.2) is 4.98 Å². The molecule has 2 amide bonds. The van der Waals surface area contributed by atoms with Gasteiger partial charge in [-0.1, -0.05) is 0 Å². The van der Waals surface area contributed by atoms with Gasteiger partial charge in [0.05, 0.1) is 16.3 Å². The van der Waals surface area contributed by atoms with E-state index < -0.39 is 5.91 Å². The van der Waals surface area contributed by atoms with E-state index in [0.717, 1.165) is 36.6 Å². The molecule has 7 heteroatoms. The molecule has 2 heterocycles. The number of carbonyl (C=O) groups excluding carboxylic acids is 2. The lowest BCUT2D eigenvalue weighted by molar-refractivity contribution is 0.0998. The molecule has 0 radical (unpaired) electrons. The van der Waals surface area contributed by atoms with Crippen molar-refractivity contribution in [2.45, 2.75) is 26.2 Å². The Morgan fingerprint density at radius 1 is 1.25 bits per heavy atom. The minimum Gasteiger partial charge on any atom is -0.371 e. The molecule has 24 heavy (non-hydrogen) atoms. The lowest BCUT2D eigenvalue weighted by Gasteiger charge is -2.30. The van der Waals surface area contributed by atoms with Crippen molar-refractivity contribution in [2.75, 3.05) is 23.3 Å². The van der Waals surface area contributed by atoms with E-state index >= 15 is 0 Å². The molecule has 1 saturated heterocycles. The molecule has 1 aromatic heterocycles. The van der Waals surface area contributed by atoms with Crippen LogP contribution in [-0.4, -0.2) is 29.9 Å². The fourth-order valence-electron chi connectivity index (χ4n) is 2.88. The predicted molar refractivity (Wildman–Crippen MR) is 95.8 cm³/mol. The van der Waals surface area contributed by atoms with Crippen LogP contribution in [0.2, 0.25) is 0 Å². The smallest absolute Gasteiger partial charge is 0.275 e. The summed E-state index contributed by atoms with van der Waals surface area (Å²) in [6.07, 6.45) is 3.38. The van der Waals surface area contributed by atoms with Crippen molar-refractivity contribution in [3.05, 3.63) is 39.8 Å². The van der Waals surface area contributed by atoms with Gasteiger partial charge >= 0.3 is 0 Å². The first-order valence-electron chi connectivity index (χ1n) is 7.97. The van der Waals surface area contributed by atoms with E-state index in [1.54, 1.807) is 17.5 Å². The third-order valence-electron chi connectivity index (χ3n) is 4.07. The zero-order valence-corrected chi connectivity index (χ0v) is 14.4. The molecular weight excluding hydrogens is 324 g/mol. The molecule has 1 fully saturated rings. The van der Waals surface area contributed by atoms with Gasteiger partial charge in [0.1, 0.15) is 5.69 Å². The van der Waals surface area contributed by atoms with E-state index in [-0.39, 0.29) is 5.91 Å². The van der Waals surface area contributed by atoms with Crippen LogP contribution in [0.3, 0.4) is 0 Å². The highest BCUT2D eigenvalue weighted by Gasteiger charge is 2.19. The highest BCUT2D eigenvalue weighted by molar-refractivity contribution is 7.09. The summed E-state index contributed by atoms with van der Waals surface area (Å²) >= 11 is 1.43. The van der Waals surface area contributed by atoms with Crippen LogP contribution >= 0.6 is 11.3 Å². The Bertz CT molecular complexity index is 766. The van der Waals surface area contributed by atoms with Crippen molar-refractivity contribution in [1.29, 1.82) is 0 Å². The van der Waals surface area contributed by atoms with Gasteiger partial charge in [0.25, 0.3) is 11.8 Å². The Hall–Kier alpha value is -2.41. The summed E-state index contributed by atoms with van der Waals surface area (Å²) in [7, 11) is 0. The summed E-state index contributed by atoms with van der Waals surface area (Å²) in [5, 5.41) is 5.42. The molecule has 0 bridgehead atoms. The van der Waals surface area contributed by atoms with Gasteiger partial charge in [0.2, 0.25) is 0 Å². The van der Waals surface area contributed by atoms with Crippen LogP contribution in [0.25, 0.3) is 0 Å². The Kier molecular flexibility index (Phi) is 4.80. The van der Waals surface area contributed by atoms with Gasteiger partial charge in [-0.3, -0.25) is 9.59 Å². The number of aromatic nitrogens is 1. The van der Waals surface area contributed by atoms with E-state index in [4.69, 9.17) is 5.73 Å². The van der Waals surface area contributed by atoms with E-state index in [9.17, 15) is 9.59 Å². The van der Waals surface area contributed by atoms with Crippen LogP contribution in [0.15, 0.2) is 23.6 Å². The van der Waals surface area contributed by atoms with Crippen molar-refractivity contribution in [3.63, 3.8) is 0 Å². The summed E-state index contributed by atoms with van der Waals surface area (Å²) in [6.45, 7) is 3.64. The number of benzene rings is 1. The van der Waals surface area contributed by atoms with E-state index in [1.165, 1.54) is 17.8 Å². The molecule has 0 saturated carbocycles. The van der Waals surface area contributed by atoms with Gasteiger partial charge in [0.15, 0.2) is 0 Å². The first-order chi connectivity index (χ1) is 11.5. The second-order valence-corrected chi connectivity index (χ2v) is 6.91. The van der Waals surface area contributed by atoms with Crippen LogP contribution in [0.5, 0.6) is 0 Å². The molecule has 0 atom stereocenters. The third kappa shape index (κ3) is 3.56. The number of primary amides is 1. The summed E-state index contributed by atoms with van der Waals surface area (Å²) in [5.74, 6) is -0.709. The SMILES string of the molecule is Cc1nc(C(=O)Nc2ccc(C(N)=O)c(N3CCCCC3)c2)cs1. The average Bonchev–Trinajstić information content (AvgIpc) is 3.02. The fraction of sp³-hybridized carbons (Fsp3) is 0.353. The van der Waals surface area contributed by atoms with Gasteiger partial charge in [-0.05, 0) is 44.4 Å². The zero-order chi connectivity index (χ0) is 17.1. The molecule has 0 aliphatic carbocycles. The first-order valence-corrected chi connectivity index (χ1v) is 8.85. The van der Waals surface area contributed by atoms with Crippen LogP contribution < -0.4 is 16.0 Å². The number of carbonyl (C=O) groups is 2. The highest BCUT2D eigenvalue weighted by atomic mass is 32.1. The molecule has 3 rings (SSSR count). The number of aryl methyl sites for hydroxylation is 1. The van der Waals surface area contributed by atoms with Crippen molar-refractivity contribution < 1.29 is 9.59 Å². The maximum Gasteiger partial charge on any atom is 0.275 e.